The van der Waals surface area contributed by atoms with E-state index in [9.17, 15) is 22.8 Å². The van der Waals surface area contributed by atoms with Crippen LogP contribution in [0.4, 0.5) is 24.5 Å². The number of esters is 1. The topological polar surface area (TPSA) is 72.4 Å². The highest BCUT2D eigenvalue weighted by molar-refractivity contribution is 6.31. The first-order valence-corrected chi connectivity index (χ1v) is 11.6. The first kappa shape index (κ1) is 26.1. The van der Waals surface area contributed by atoms with E-state index >= 15 is 0 Å². The molecule has 192 valence electrons. The molecule has 0 aliphatic carbocycles. The van der Waals surface area contributed by atoms with Crippen molar-refractivity contribution >= 4 is 45.8 Å². The van der Waals surface area contributed by atoms with Crippen molar-refractivity contribution in [2.45, 2.75) is 19.1 Å². The highest BCUT2D eigenvalue weighted by Crippen LogP contribution is 2.38. The van der Waals surface area contributed by atoms with Gasteiger partial charge in [0.15, 0.2) is 0 Å². The van der Waals surface area contributed by atoms with Gasteiger partial charge < -0.3 is 19.9 Å². The van der Waals surface area contributed by atoms with Crippen LogP contribution in [0.1, 0.15) is 44.9 Å². The average molecular weight is 530 g/mol. The van der Waals surface area contributed by atoms with Gasteiger partial charge in [0.2, 0.25) is 0 Å². The number of alkyl halides is 3. The largest absolute Gasteiger partial charge is 0.465 e. The fourth-order valence-corrected chi connectivity index (χ4v) is 4.35. The van der Waals surface area contributed by atoms with Gasteiger partial charge in [-0.05, 0) is 48.9 Å². The summed E-state index contributed by atoms with van der Waals surface area (Å²) in [7, 11) is 3.00. The Morgan fingerprint density at radius 1 is 1.03 bits per heavy atom. The Morgan fingerprint density at radius 3 is 2.35 bits per heavy atom. The average Bonchev–Trinajstić information content (AvgIpc) is 3.15. The van der Waals surface area contributed by atoms with E-state index in [2.05, 4.69) is 10.6 Å². The molecule has 0 spiro atoms. The van der Waals surface area contributed by atoms with Crippen molar-refractivity contribution in [2.24, 2.45) is 7.05 Å². The van der Waals surface area contributed by atoms with Crippen LogP contribution in [-0.2, 0) is 18.0 Å². The molecule has 4 aromatic rings. The summed E-state index contributed by atoms with van der Waals surface area (Å²) >= 11 is 5.77. The fourth-order valence-electron chi connectivity index (χ4n) is 4.12. The molecule has 0 bridgehead atoms. The zero-order valence-electron chi connectivity index (χ0n) is 20.1. The lowest BCUT2D eigenvalue weighted by Gasteiger charge is -2.17. The van der Waals surface area contributed by atoms with Crippen LogP contribution in [0.2, 0.25) is 5.02 Å². The molecule has 1 aromatic heterocycles. The van der Waals surface area contributed by atoms with E-state index in [0.717, 1.165) is 23.2 Å². The second kappa shape index (κ2) is 10.2. The zero-order valence-corrected chi connectivity index (χ0v) is 20.9. The van der Waals surface area contributed by atoms with E-state index in [-0.39, 0.29) is 11.4 Å². The van der Waals surface area contributed by atoms with Crippen LogP contribution < -0.4 is 10.6 Å². The zero-order chi connectivity index (χ0) is 26.9. The molecule has 0 saturated carbocycles. The lowest BCUT2D eigenvalue weighted by molar-refractivity contribution is -0.137. The van der Waals surface area contributed by atoms with Crippen molar-refractivity contribution < 1.29 is 27.5 Å². The van der Waals surface area contributed by atoms with E-state index in [4.69, 9.17) is 16.3 Å². The molecule has 0 saturated heterocycles. The Labute approximate surface area is 216 Å². The van der Waals surface area contributed by atoms with Gasteiger partial charge >= 0.3 is 12.1 Å². The number of rotatable bonds is 6. The van der Waals surface area contributed by atoms with Gasteiger partial charge in [0.25, 0.3) is 5.91 Å². The molecule has 3 aromatic carbocycles. The Balaban J connectivity index is 1.69. The maximum atomic E-state index is 13.5. The number of nitrogens with zero attached hydrogens (tertiary/aromatic N) is 1. The smallest absolute Gasteiger partial charge is 0.417 e. The minimum Gasteiger partial charge on any atom is -0.465 e. The lowest BCUT2D eigenvalue weighted by Crippen LogP contribution is -2.29. The predicted molar refractivity (Wildman–Crippen MR) is 136 cm³/mol. The van der Waals surface area contributed by atoms with Crippen LogP contribution >= 0.6 is 11.6 Å². The molecule has 2 N–H and O–H groups in total. The minimum atomic E-state index is -4.63. The quantitative estimate of drug-likeness (QED) is 0.267. The van der Waals surface area contributed by atoms with Gasteiger partial charge in [0, 0.05) is 18.1 Å². The summed E-state index contributed by atoms with van der Waals surface area (Å²) in [6.45, 7) is 1.79. The Hall–Kier alpha value is -3.98. The maximum absolute atomic E-state index is 13.5. The molecule has 0 radical (unpaired) electrons. The number of halogens is 4. The second-order valence-corrected chi connectivity index (χ2v) is 8.83. The Morgan fingerprint density at radius 2 is 1.70 bits per heavy atom. The molecule has 6 nitrogen and oxygen atoms in total. The van der Waals surface area contributed by atoms with Crippen LogP contribution in [0.3, 0.4) is 0 Å². The molecular formula is C27H23ClF3N3O3. The van der Waals surface area contributed by atoms with Crippen LogP contribution in [0.5, 0.6) is 0 Å². The number of nitrogens with one attached hydrogen (secondary N) is 2. The SMILES string of the molecule is COC(=O)c1ccc([C@H](C)NC(=O)c2c(Nc3ccc(Cl)c(C(F)(F)F)c3)c3ccccc3n2C)cc1. The third-order valence-corrected chi connectivity index (χ3v) is 6.37. The number of para-hydroxylation sites is 1. The number of carbonyl (C=O) groups excluding carboxylic acids is 2. The predicted octanol–water partition coefficient (Wildman–Crippen LogP) is 6.87. The molecule has 1 atom stereocenters. The molecule has 1 amide bonds. The number of methoxy groups -OCH3 is 1. The third-order valence-electron chi connectivity index (χ3n) is 6.04. The van der Waals surface area contributed by atoms with Gasteiger partial charge in [-0.2, -0.15) is 13.2 Å². The summed E-state index contributed by atoms with van der Waals surface area (Å²) < 4.78 is 46.6. The number of fused-ring (bicyclic) bond motifs is 1. The van der Waals surface area contributed by atoms with Gasteiger partial charge in [-0.15, -0.1) is 0 Å². The van der Waals surface area contributed by atoms with E-state index in [1.165, 1.54) is 13.2 Å². The molecule has 10 heteroatoms. The van der Waals surface area contributed by atoms with Crippen molar-refractivity contribution in [3.63, 3.8) is 0 Å². The molecule has 37 heavy (non-hydrogen) atoms. The van der Waals surface area contributed by atoms with Gasteiger partial charge in [0.1, 0.15) is 5.69 Å². The molecule has 0 fully saturated rings. The molecule has 0 unspecified atom stereocenters. The van der Waals surface area contributed by atoms with Gasteiger partial charge in [-0.25, -0.2) is 4.79 Å². The highest BCUT2D eigenvalue weighted by Gasteiger charge is 2.33. The van der Waals surface area contributed by atoms with E-state index in [1.807, 2.05) is 12.1 Å². The maximum Gasteiger partial charge on any atom is 0.417 e. The second-order valence-electron chi connectivity index (χ2n) is 8.43. The highest BCUT2D eigenvalue weighted by atomic mass is 35.5. The van der Waals surface area contributed by atoms with Gasteiger partial charge in [0.05, 0.1) is 40.5 Å². The number of amides is 1. The number of carbonyl (C=O) groups is 2. The monoisotopic (exact) mass is 529 g/mol. The minimum absolute atomic E-state index is 0.133. The normalized spacial score (nSPS) is 12.3. The van der Waals surface area contributed by atoms with Gasteiger partial charge in [-0.1, -0.05) is 41.9 Å². The molecule has 4 rings (SSSR count). The summed E-state index contributed by atoms with van der Waals surface area (Å²) in [6.07, 6.45) is -4.63. The van der Waals surface area contributed by atoms with Crippen molar-refractivity contribution in [2.75, 3.05) is 12.4 Å². The number of aryl methyl sites for hydroxylation is 1. The van der Waals surface area contributed by atoms with E-state index in [0.29, 0.717) is 16.6 Å². The lowest BCUT2D eigenvalue weighted by atomic mass is 10.1. The third kappa shape index (κ3) is 5.27. The number of anilines is 2. The van der Waals surface area contributed by atoms with Gasteiger partial charge in [-0.3, -0.25) is 4.79 Å². The van der Waals surface area contributed by atoms with Crippen LogP contribution in [-0.4, -0.2) is 23.6 Å². The van der Waals surface area contributed by atoms with E-state index < -0.39 is 34.7 Å². The fraction of sp³-hybridized carbons (Fsp3) is 0.185. The molecule has 1 heterocycles. The van der Waals surface area contributed by atoms with Crippen molar-refractivity contribution in [1.29, 1.82) is 0 Å². The first-order valence-electron chi connectivity index (χ1n) is 11.2. The number of hydrogen-bond donors (Lipinski definition) is 2. The Bertz CT molecular complexity index is 1480. The number of ether oxygens (including phenoxy) is 1. The van der Waals surface area contributed by atoms with Crippen LogP contribution in [0, 0.1) is 0 Å². The van der Waals surface area contributed by atoms with Crippen LogP contribution in [0.15, 0.2) is 66.7 Å². The number of aromatic nitrogens is 1. The summed E-state index contributed by atoms with van der Waals surface area (Å²) in [5.41, 5.74) is 1.60. The molecule has 0 aliphatic heterocycles. The van der Waals surface area contributed by atoms with Crippen molar-refractivity contribution in [3.05, 3.63) is 94.1 Å². The van der Waals surface area contributed by atoms with Crippen molar-refractivity contribution in [1.82, 2.24) is 9.88 Å². The summed E-state index contributed by atoms with van der Waals surface area (Å²) in [5.74, 6) is -0.902. The standard InChI is InChI=1S/C27H23ClF3N3O3/c1-15(16-8-10-17(11-9-16)26(36)37-3)32-25(35)24-23(19-6-4-5-7-22(19)34(24)2)33-18-12-13-21(28)20(14-18)27(29,30)31/h4-15,33H,1-3H3,(H,32,35)/t15-/m0/s1. The molecular weight excluding hydrogens is 507 g/mol. The number of benzene rings is 3. The summed E-state index contributed by atoms with van der Waals surface area (Å²) in [4.78, 5) is 25.2. The number of hydrogen-bond acceptors (Lipinski definition) is 4. The van der Waals surface area contributed by atoms with Crippen LogP contribution in [0.25, 0.3) is 10.9 Å². The Kier molecular flexibility index (Phi) is 7.18. The first-order chi connectivity index (χ1) is 17.5. The summed E-state index contributed by atoms with van der Waals surface area (Å²) in [6, 6.07) is 16.9. The summed E-state index contributed by atoms with van der Waals surface area (Å²) in [5, 5.41) is 6.18. The van der Waals surface area contributed by atoms with Crippen molar-refractivity contribution in [3.8, 4) is 0 Å². The molecule has 0 aliphatic rings. The van der Waals surface area contributed by atoms with E-state index in [1.54, 1.807) is 54.9 Å².